The molecule has 2 aliphatic rings. The summed E-state index contributed by atoms with van der Waals surface area (Å²) in [6.45, 7) is 12.2. The average Bonchev–Trinajstić information content (AvgIpc) is 2.43. The fourth-order valence-electron chi connectivity index (χ4n) is 2.57. The Morgan fingerprint density at radius 1 is 1.00 bits per heavy atom. The normalized spacial score (nSPS) is 24.2. The van der Waals surface area contributed by atoms with Crippen molar-refractivity contribution in [3.8, 4) is 0 Å². The molecule has 0 atom stereocenters. The first-order valence-electron chi connectivity index (χ1n) is 7.47. The van der Waals surface area contributed by atoms with Crippen molar-refractivity contribution in [1.82, 2.24) is 10.2 Å². The molecule has 0 bridgehead atoms. The second kappa shape index (κ2) is 8.90. The molecule has 2 aliphatic heterocycles. The van der Waals surface area contributed by atoms with Crippen LogP contribution in [0.1, 0.15) is 46.5 Å². The highest BCUT2D eigenvalue weighted by molar-refractivity contribution is 4.75. The summed E-state index contributed by atoms with van der Waals surface area (Å²) in [5.74, 6) is 0. The SMILES string of the molecule is CC.CCN1CCC(OC2CCNCC2)CC1. The van der Waals surface area contributed by atoms with E-state index < -0.39 is 0 Å². The van der Waals surface area contributed by atoms with Crippen molar-refractivity contribution in [2.24, 2.45) is 0 Å². The summed E-state index contributed by atoms with van der Waals surface area (Å²) in [7, 11) is 0. The van der Waals surface area contributed by atoms with Gasteiger partial charge in [0.25, 0.3) is 0 Å². The highest BCUT2D eigenvalue weighted by Gasteiger charge is 2.22. The topological polar surface area (TPSA) is 24.5 Å². The van der Waals surface area contributed by atoms with Crippen LogP contribution in [0, 0.1) is 0 Å². The number of hydrogen-bond donors (Lipinski definition) is 1. The van der Waals surface area contributed by atoms with Gasteiger partial charge in [-0.05, 0) is 45.3 Å². The standard InChI is InChI=1S/C12H24N2O.C2H6/c1-2-14-9-5-12(6-10-14)15-11-3-7-13-8-4-11;1-2/h11-13H,2-10H2,1H3;1-2H3. The van der Waals surface area contributed by atoms with E-state index in [0.717, 1.165) is 13.1 Å². The quantitative estimate of drug-likeness (QED) is 0.821. The summed E-state index contributed by atoms with van der Waals surface area (Å²) in [5, 5.41) is 3.38. The van der Waals surface area contributed by atoms with E-state index in [1.54, 1.807) is 0 Å². The van der Waals surface area contributed by atoms with Crippen LogP contribution in [0.2, 0.25) is 0 Å². The maximum absolute atomic E-state index is 6.16. The van der Waals surface area contributed by atoms with Crippen molar-refractivity contribution in [1.29, 1.82) is 0 Å². The molecule has 2 rings (SSSR count). The molecule has 0 saturated carbocycles. The lowest BCUT2D eigenvalue weighted by atomic mass is 10.1. The number of nitrogens with one attached hydrogen (secondary N) is 1. The van der Waals surface area contributed by atoms with Crippen LogP contribution in [0.3, 0.4) is 0 Å². The van der Waals surface area contributed by atoms with Gasteiger partial charge in [0.15, 0.2) is 0 Å². The lowest BCUT2D eigenvalue weighted by Gasteiger charge is -2.34. The zero-order valence-electron chi connectivity index (χ0n) is 11.9. The Labute approximate surface area is 107 Å². The third-order valence-corrected chi connectivity index (χ3v) is 3.65. The first-order chi connectivity index (χ1) is 8.38. The van der Waals surface area contributed by atoms with Crippen LogP contribution in [0.4, 0.5) is 0 Å². The number of hydrogen-bond acceptors (Lipinski definition) is 3. The van der Waals surface area contributed by atoms with Crippen LogP contribution in [-0.2, 0) is 4.74 Å². The van der Waals surface area contributed by atoms with Crippen LogP contribution >= 0.6 is 0 Å². The van der Waals surface area contributed by atoms with Crippen molar-refractivity contribution in [3.05, 3.63) is 0 Å². The van der Waals surface area contributed by atoms with E-state index in [1.807, 2.05) is 13.8 Å². The summed E-state index contributed by atoms with van der Waals surface area (Å²) in [4.78, 5) is 2.52. The molecule has 0 unspecified atom stereocenters. The smallest absolute Gasteiger partial charge is 0.0603 e. The molecule has 0 aromatic rings. The molecule has 2 fully saturated rings. The van der Waals surface area contributed by atoms with E-state index in [1.165, 1.54) is 45.3 Å². The van der Waals surface area contributed by atoms with Crippen LogP contribution in [0.15, 0.2) is 0 Å². The van der Waals surface area contributed by atoms with Crippen molar-refractivity contribution >= 4 is 0 Å². The summed E-state index contributed by atoms with van der Waals surface area (Å²) < 4.78 is 6.16. The molecule has 102 valence electrons. The van der Waals surface area contributed by atoms with Crippen LogP contribution in [0.25, 0.3) is 0 Å². The van der Waals surface area contributed by atoms with Gasteiger partial charge in [0.05, 0.1) is 12.2 Å². The zero-order valence-corrected chi connectivity index (χ0v) is 11.9. The van der Waals surface area contributed by atoms with Gasteiger partial charge in [-0.2, -0.15) is 0 Å². The molecule has 0 radical (unpaired) electrons. The highest BCUT2D eigenvalue weighted by Crippen LogP contribution is 2.18. The maximum Gasteiger partial charge on any atom is 0.0603 e. The van der Waals surface area contributed by atoms with Crippen molar-refractivity contribution in [2.45, 2.75) is 58.7 Å². The first-order valence-corrected chi connectivity index (χ1v) is 7.47. The van der Waals surface area contributed by atoms with E-state index in [0.29, 0.717) is 12.2 Å². The van der Waals surface area contributed by atoms with Crippen molar-refractivity contribution in [2.75, 3.05) is 32.7 Å². The average molecular weight is 242 g/mol. The number of nitrogens with zero attached hydrogens (tertiary/aromatic N) is 1. The van der Waals surface area contributed by atoms with Gasteiger partial charge in [-0.25, -0.2) is 0 Å². The molecule has 0 aliphatic carbocycles. The van der Waals surface area contributed by atoms with E-state index in [2.05, 4.69) is 17.1 Å². The Hall–Kier alpha value is -0.120. The molecule has 17 heavy (non-hydrogen) atoms. The third kappa shape index (κ3) is 5.36. The number of piperidine rings is 2. The summed E-state index contributed by atoms with van der Waals surface area (Å²) in [6.07, 6.45) is 5.94. The Morgan fingerprint density at radius 3 is 2.06 bits per heavy atom. The molecule has 3 nitrogen and oxygen atoms in total. The highest BCUT2D eigenvalue weighted by atomic mass is 16.5. The fraction of sp³-hybridized carbons (Fsp3) is 1.00. The minimum Gasteiger partial charge on any atom is -0.375 e. The molecule has 0 spiro atoms. The molecule has 3 heteroatoms. The van der Waals surface area contributed by atoms with Gasteiger partial charge in [-0.3, -0.25) is 0 Å². The molecule has 2 saturated heterocycles. The lowest BCUT2D eigenvalue weighted by molar-refractivity contribution is -0.0524. The van der Waals surface area contributed by atoms with Gasteiger partial charge >= 0.3 is 0 Å². The first kappa shape index (κ1) is 14.9. The number of likely N-dealkylation sites (tertiary alicyclic amines) is 1. The molecule has 0 aromatic carbocycles. The molecule has 1 N–H and O–H groups in total. The van der Waals surface area contributed by atoms with Gasteiger partial charge in [-0.15, -0.1) is 0 Å². The molecule has 2 heterocycles. The maximum atomic E-state index is 6.16. The second-order valence-electron chi connectivity index (χ2n) is 4.72. The number of rotatable bonds is 3. The Balaban J connectivity index is 0.000000686. The number of ether oxygens (including phenoxy) is 1. The lowest BCUT2D eigenvalue weighted by Crippen LogP contribution is -2.40. The van der Waals surface area contributed by atoms with Gasteiger partial charge in [-0.1, -0.05) is 20.8 Å². The van der Waals surface area contributed by atoms with Crippen LogP contribution in [-0.4, -0.2) is 49.8 Å². The molecular weight excluding hydrogens is 212 g/mol. The molecule has 0 amide bonds. The van der Waals surface area contributed by atoms with E-state index >= 15 is 0 Å². The Kier molecular flexibility index (Phi) is 7.82. The van der Waals surface area contributed by atoms with E-state index in [9.17, 15) is 0 Å². The predicted molar refractivity (Wildman–Crippen MR) is 73.5 cm³/mol. The zero-order chi connectivity index (χ0) is 12.5. The molecular formula is C14H30N2O. The summed E-state index contributed by atoms with van der Waals surface area (Å²) >= 11 is 0. The van der Waals surface area contributed by atoms with E-state index in [4.69, 9.17) is 4.74 Å². The van der Waals surface area contributed by atoms with Crippen LogP contribution < -0.4 is 5.32 Å². The summed E-state index contributed by atoms with van der Waals surface area (Å²) in [6, 6.07) is 0. The Bertz CT molecular complexity index is 173. The van der Waals surface area contributed by atoms with Gasteiger partial charge < -0.3 is 15.0 Å². The van der Waals surface area contributed by atoms with Crippen molar-refractivity contribution in [3.63, 3.8) is 0 Å². The van der Waals surface area contributed by atoms with E-state index in [-0.39, 0.29) is 0 Å². The van der Waals surface area contributed by atoms with Gasteiger partial charge in [0, 0.05) is 13.1 Å². The second-order valence-corrected chi connectivity index (χ2v) is 4.72. The largest absolute Gasteiger partial charge is 0.375 e. The fourth-order valence-corrected chi connectivity index (χ4v) is 2.57. The summed E-state index contributed by atoms with van der Waals surface area (Å²) in [5.41, 5.74) is 0. The monoisotopic (exact) mass is 242 g/mol. The van der Waals surface area contributed by atoms with Gasteiger partial charge in [0.2, 0.25) is 0 Å². The predicted octanol–water partition coefficient (Wildman–Crippen LogP) is 2.27. The van der Waals surface area contributed by atoms with Gasteiger partial charge in [0.1, 0.15) is 0 Å². The van der Waals surface area contributed by atoms with Crippen LogP contribution in [0.5, 0.6) is 0 Å². The molecule has 0 aromatic heterocycles. The third-order valence-electron chi connectivity index (χ3n) is 3.65. The minimum absolute atomic E-state index is 0.532. The Morgan fingerprint density at radius 2 is 1.53 bits per heavy atom. The minimum atomic E-state index is 0.532. The van der Waals surface area contributed by atoms with Crippen molar-refractivity contribution < 1.29 is 4.74 Å².